The zero-order valence-corrected chi connectivity index (χ0v) is 18.5. The summed E-state index contributed by atoms with van der Waals surface area (Å²) in [5.41, 5.74) is 1.10. The summed E-state index contributed by atoms with van der Waals surface area (Å²) in [4.78, 5) is 9.01. The third-order valence-corrected chi connectivity index (χ3v) is 4.88. The molecule has 142 valence electrons. The van der Waals surface area contributed by atoms with Crippen LogP contribution >= 0.6 is 35.6 Å². The van der Waals surface area contributed by atoms with Crippen LogP contribution < -0.4 is 5.32 Å². The van der Waals surface area contributed by atoms with Gasteiger partial charge in [0.15, 0.2) is 5.96 Å². The van der Waals surface area contributed by atoms with Crippen LogP contribution in [0.4, 0.5) is 0 Å². The quantitative estimate of drug-likeness (QED) is 0.370. The van der Waals surface area contributed by atoms with E-state index in [1.165, 1.54) is 12.8 Å². The van der Waals surface area contributed by atoms with Crippen LogP contribution in [0.15, 0.2) is 29.3 Å². The lowest BCUT2D eigenvalue weighted by atomic mass is 10.2. The molecule has 0 aromatic heterocycles. The molecule has 1 saturated heterocycles. The average Bonchev–Trinajstić information content (AvgIpc) is 3.03. The molecule has 7 heteroatoms. The summed E-state index contributed by atoms with van der Waals surface area (Å²) in [7, 11) is 5.62. The minimum absolute atomic E-state index is 0. The first-order valence-electron chi connectivity index (χ1n) is 8.54. The summed E-state index contributed by atoms with van der Waals surface area (Å²) in [6.45, 7) is 4.58. The lowest BCUT2D eigenvalue weighted by Gasteiger charge is -2.27. The van der Waals surface area contributed by atoms with E-state index >= 15 is 0 Å². The van der Waals surface area contributed by atoms with Gasteiger partial charge in [-0.2, -0.15) is 0 Å². The van der Waals surface area contributed by atoms with Crippen molar-refractivity contribution >= 4 is 41.5 Å². The highest BCUT2D eigenvalue weighted by Crippen LogP contribution is 2.17. The van der Waals surface area contributed by atoms with E-state index in [0.29, 0.717) is 6.04 Å². The van der Waals surface area contributed by atoms with E-state index in [1.54, 1.807) is 7.11 Å². The molecule has 0 saturated carbocycles. The normalized spacial score (nSPS) is 18.1. The molecule has 1 aliphatic rings. The van der Waals surface area contributed by atoms with Gasteiger partial charge in [0.1, 0.15) is 0 Å². The van der Waals surface area contributed by atoms with Gasteiger partial charge in [0.25, 0.3) is 0 Å². The smallest absolute Gasteiger partial charge is 0.193 e. The van der Waals surface area contributed by atoms with Crippen LogP contribution in [-0.2, 0) is 11.3 Å². The second-order valence-corrected chi connectivity index (χ2v) is 6.61. The lowest BCUT2D eigenvalue weighted by molar-refractivity contribution is 0.141. The van der Waals surface area contributed by atoms with Crippen molar-refractivity contribution in [2.75, 3.05) is 47.4 Å². The molecule has 1 fully saturated rings. The molecule has 1 atom stereocenters. The minimum atomic E-state index is 0. The van der Waals surface area contributed by atoms with Crippen LogP contribution in [0.25, 0.3) is 0 Å². The molecule has 1 aliphatic heterocycles. The minimum Gasteiger partial charge on any atom is -0.383 e. The molecule has 1 aromatic rings. The number of benzene rings is 1. The number of nitrogens with one attached hydrogen (secondary N) is 1. The topological polar surface area (TPSA) is 40.1 Å². The second-order valence-electron chi connectivity index (χ2n) is 6.20. The summed E-state index contributed by atoms with van der Waals surface area (Å²) in [6, 6.07) is 8.49. The number of nitrogens with zero attached hydrogens (tertiary/aromatic N) is 3. The number of hydrogen-bond donors (Lipinski definition) is 1. The van der Waals surface area contributed by atoms with E-state index in [-0.39, 0.29) is 24.0 Å². The third-order valence-electron chi connectivity index (χ3n) is 4.52. The van der Waals surface area contributed by atoms with Crippen LogP contribution in [0.2, 0.25) is 5.02 Å². The standard InChI is InChI=1S/C18H29ClN4O.HI/c1-20-18(22(2)14-15-7-4-5-9-17(15)19)21-13-16-8-6-10-23(16)11-12-24-3;/h4-5,7,9,16H,6,8,10-14H2,1-3H3,(H,20,21);1H. The summed E-state index contributed by atoms with van der Waals surface area (Å²) in [5.74, 6) is 0.897. The predicted molar refractivity (Wildman–Crippen MR) is 116 cm³/mol. The molecule has 1 aromatic carbocycles. The van der Waals surface area contributed by atoms with Crippen molar-refractivity contribution in [1.29, 1.82) is 0 Å². The molecule has 2 rings (SSSR count). The van der Waals surface area contributed by atoms with Gasteiger partial charge in [-0.05, 0) is 31.0 Å². The SMILES string of the molecule is CN=C(NCC1CCCN1CCOC)N(C)Cc1ccccc1Cl.I. The predicted octanol–water partition coefficient (Wildman–Crippen LogP) is 3.08. The monoisotopic (exact) mass is 480 g/mol. The highest BCUT2D eigenvalue weighted by molar-refractivity contribution is 14.0. The number of hydrogen-bond acceptors (Lipinski definition) is 3. The van der Waals surface area contributed by atoms with Crippen LogP contribution in [0.1, 0.15) is 18.4 Å². The van der Waals surface area contributed by atoms with Crippen LogP contribution in [0.3, 0.4) is 0 Å². The van der Waals surface area contributed by atoms with Gasteiger partial charge in [0.05, 0.1) is 6.61 Å². The number of ether oxygens (including phenoxy) is 1. The Kier molecular flexibility index (Phi) is 10.7. The van der Waals surface area contributed by atoms with E-state index in [4.69, 9.17) is 16.3 Å². The van der Waals surface area contributed by atoms with Gasteiger partial charge in [-0.1, -0.05) is 29.8 Å². The van der Waals surface area contributed by atoms with Crippen molar-refractivity contribution in [2.45, 2.75) is 25.4 Å². The Morgan fingerprint density at radius 3 is 2.88 bits per heavy atom. The Hall–Kier alpha value is -0.570. The Labute approximate surface area is 173 Å². The van der Waals surface area contributed by atoms with Crippen molar-refractivity contribution in [2.24, 2.45) is 4.99 Å². The molecule has 1 heterocycles. The maximum atomic E-state index is 6.26. The van der Waals surface area contributed by atoms with E-state index < -0.39 is 0 Å². The fourth-order valence-corrected chi connectivity index (χ4v) is 3.38. The number of guanidine groups is 1. The van der Waals surface area contributed by atoms with Crippen molar-refractivity contribution in [1.82, 2.24) is 15.1 Å². The first kappa shape index (κ1) is 22.5. The Bertz CT molecular complexity index is 544. The van der Waals surface area contributed by atoms with Gasteiger partial charge in [-0.25, -0.2) is 0 Å². The van der Waals surface area contributed by atoms with E-state index in [0.717, 1.165) is 49.3 Å². The maximum Gasteiger partial charge on any atom is 0.193 e. The maximum absolute atomic E-state index is 6.26. The average molecular weight is 481 g/mol. The molecule has 1 unspecified atom stereocenters. The van der Waals surface area contributed by atoms with Gasteiger partial charge in [-0.3, -0.25) is 9.89 Å². The van der Waals surface area contributed by atoms with Gasteiger partial charge in [0, 0.05) is 51.9 Å². The van der Waals surface area contributed by atoms with Crippen molar-refractivity contribution in [3.05, 3.63) is 34.9 Å². The number of halogens is 2. The van der Waals surface area contributed by atoms with Gasteiger partial charge < -0.3 is 15.0 Å². The fraction of sp³-hybridized carbons (Fsp3) is 0.611. The summed E-state index contributed by atoms with van der Waals surface area (Å²) in [6.07, 6.45) is 2.48. The van der Waals surface area contributed by atoms with E-state index in [2.05, 4.69) is 26.2 Å². The lowest BCUT2D eigenvalue weighted by Crippen LogP contribution is -2.45. The van der Waals surface area contributed by atoms with Gasteiger partial charge in [-0.15, -0.1) is 24.0 Å². The molecule has 0 radical (unpaired) electrons. The first-order valence-corrected chi connectivity index (χ1v) is 8.91. The van der Waals surface area contributed by atoms with Crippen LogP contribution in [0, 0.1) is 0 Å². The van der Waals surface area contributed by atoms with Crippen LogP contribution in [0.5, 0.6) is 0 Å². The number of methoxy groups -OCH3 is 1. The van der Waals surface area contributed by atoms with Crippen molar-refractivity contribution < 1.29 is 4.74 Å². The first-order chi connectivity index (χ1) is 11.7. The molecule has 0 spiro atoms. The van der Waals surface area contributed by atoms with E-state index in [9.17, 15) is 0 Å². The van der Waals surface area contributed by atoms with Crippen molar-refractivity contribution in [3.8, 4) is 0 Å². The molecule has 0 bridgehead atoms. The van der Waals surface area contributed by atoms with Crippen LogP contribution in [-0.4, -0.2) is 69.2 Å². The number of likely N-dealkylation sites (tertiary alicyclic amines) is 1. The highest BCUT2D eigenvalue weighted by Gasteiger charge is 2.24. The van der Waals surface area contributed by atoms with Crippen molar-refractivity contribution in [3.63, 3.8) is 0 Å². The fourth-order valence-electron chi connectivity index (χ4n) is 3.18. The Balaban J connectivity index is 0.00000312. The van der Waals surface area contributed by atoms with Gasteiger partial charge in [0.2, 0.25) is 0 Å². The molecule has 5 nitrogen and oxygen atoms in total. The zero-order valence-electron chi connectivity index (χ0n) is 15.4. The molecule has 1 N–H and O–H groups in total. The Morgan fingerprint density at radius 2 is 2.20 bits per heavy atom. The highest BCUT2D eigenvalue weighted by atomic mass is 127. The van der Waals surface area contributed by atoms with Gasteiger partial charge >= 0.3 is 0 Å². The molecular formula is C18H30ClIN4O. The molecule has 25 heavy (non-hydrogen) atoms. The zero-order chi connectivity index (χ0) is 17.4. The summed E-state index contributed by atoms with van der Waals surface area (Å²) >= 11 is 6.26. The number of aliphatic imine (C=N–C) groups is 1. The third kappa shape index (κ3) is 6.92. The Morgan fingerprint density at radius 1 is 1.44 bits per heavy atom. The molecule has 0 amide bonds. The number of rotatable bonds is 7. The summed E-state index contributed by atoms with van der Waals surface area (Å²) < 4.78 is 5.21. The molecular weight excluding hydrogens is 451 g/mol. The molecule has 0 aliphatic carbocycles. The van der Waals surface area contributed by atoms with E-state index in [1.807, 2.05) is 32.3 Å². The largest absolute Gasteiger partial charge is 0.383 e. The summed E-state index contributed by atoms with van der Waals surface area (Å²) in [5, 5.41) is 4.30. The second kappa shape index (κ2) is 11.9.